The second-order valence-electron chi connectivity index (χ2n) is 7.68. The average molecular weight is 288 g/mol. The van der Waals surface area contributed by atoms with Crippen LogP contribution in [0.3, 0.4) is 0 Å². The zero-order valence-corrected chi connectivity index (χ0v) is 13.2. The summed E-state index contributed by atoms with van der Waals surface area (Å²) in [5.74, 6) is 0.546. The van der Waals surface area contributed by atoms with E-state index in [1.807, 2.05) is 6.92 Å². The molecule has 1 aromatic heterocycles. The highest BCUT2D eigenvalue weighted by Gasteiger charge is 2.59. The Morgan fingerprint density at radius 1 is 1.38 bits per heavy atom. The summed E-state index contributed by atoms with van der Waals surface area (Å²) < 4.78 is 0. The van der Waals surface area contributed by atoms with Crippen LogP contribution in [-0.4, -0.2) is 22.1 Å². The minimum Gasteiger partial charge on any atom is -0.478 e. The molecule has 4 nitrogen and oxygen atoms in total. The number of hydrogen-bond acceptors (Lipinski definition) is 3. The Morgan fingerprint density at radius 3 is 2.67 bits per heavy atom. The summed E-state index contributed by atoms with van der Waals surface area (Å²) in [7, 11) is 0. The predicted molar refractivity (Wildman–Crippen MR) is 82.6 cm³/mol. The molecule has 2 saturated carbocycles. The Morgan fingerprint density at radius 2 is 2.10 bits per heavy atom. The lowest BCUT2D eigenvalue weighted by atomic mass is 9.68. The number of nitrogens with zero attached hydrogens (tertiary/aromatic N) is 1. The standard InChI is InChI=1S/C17H24N2O2/c1-10-7-11(14(20)21)8-13(18-10)19-15-16(2,3)12-5-6-17(15,4)9-12/h7-8,12,15H,5-6,9H2,1-4H3,(H,18,19)(H,20,21). The first-order valence-corrected chi connectivity index (χ1v) is 7.71. The van der Waals surface area contributed by atoms with E-state index in [2.05, 4.69) is 31.1 Å². The molecular formula is C17H24N2O2. The molecule has 0 aliphatic heterocycles. The lowest BCUT2D eigenvalue weighted by Crippen LogP contribution is -2.46. The number of carbonyl (C=O) groups is 1. The van der Waals surface area contributed by atoms with Crippen molar-refractivity contribution in [3.05, 3.63) is 23.4 Å². The average Bonchev–Trinajstić information content (AvgIpc) is 2.85. The van der Waals surface area contributed by atoms with Crippen LogP contribution in [0.15, 0.2) is 12.1 Å². The number of aromatic carboxylic acids is 1. The number of rotatable bonds is 3. The van der Waals surface area contributed by atoms with Crippen LogP contribution in [0, 0.1) is 23.7 Å². The molecule has 2 bridgehead atoms. The second kappa shape index (κ2) is 4.46. The van der Waals surface area contributed by atoms with Crippen molar-refractivity contribution in [2.75, 3.05) is 5.32 Å². The first kappa shape index (κ1) is 14.4. The third-order valence-electron chi connectivity index (χ3n) is 5.76. The van der Waals surface area contributed by atoms with Gasteiger partial charge in [-0.05, 0) is 55.1 Å². The Kier molecular flexibility index (Phi) is 3.05. The van der Waals surface area contributed by atoms with E-state index in [4.69, 9.17) is 0 Å². The Balaban J connectivity index is 1.92. The Hall–Kier alpha value is -1.58. The molecule has 21 heavy (non-hydrogen) atoms. The summed E-state index contributed by atoms with van der Waals surface area (Å²) >= 11 is 0. The molecule has 2 N–H and O–H groups in total. The van der Waals surface area contributed by atoms with Crippen LogP contribution in [0.4, 0.5) is 5.82 Å². The van der Waals surface area contributed by atoms with Gasteiger partial charge in [0.1, 0.15) is 5.82 Å². The number of carboxylic acids is 1. The molecule has 2 aliphatic rings. The van der Waals surface area contributed by atoms with Gasteiger partial charge in [0.25, 0.3) is 0 Å². The quantitative estimate of drug-likeness (QED) is 0.890. The van der Waals surface area contributed by atoms with Crippen LogP contribution in [0.1, 0.15) is 56.1 Å². The largest absolute Gasteiger partial charge is 0.478 e. The number of carboxylic acid groups (broad SMARTS) is 1. The molecule has 4 heteroatoms. The molecule has 3 rings (SSSR count). The molecule has 2 aliphatic carbocycles. The van der Waals surface area contributed by atoms with Gasteiger partial charge in [-0.1, -0.05) is 20.8 Å². The molecular weight excluding hydrogens is 264 g/mol. The molecule has 0 amide bonds. The van der Waals surface area contributed by atoms with Crippen molar-refractivity contribution in [3.8, 4) is 0 Å². The number of hydrogen-bond donors (Lipinski definition) is 2. The minimum atomic E-state index is -0.901. The fourth-order valence-corrected chi connectivity index (χ4v) is 4.68. The Bertz CT molecular complexity index is 592. The molecule has 0 aromatic carbocycles. The Labute approximate surface area is 126 Å². The van der Waals surface area contributed by atoms with Crippen LogP contribution >= 0.6 is 0 Å². The molecule has 114 valence electrons. The van der Waals surface area contributed by atoms with E-state index in [-0.39, 0.29) is 5.41 Å². The van der Waals surface area contributed by atoms with Crippen molar-refractivity contribution < 1.29 is 9.90 Å². The highest BCUT2D eigenvalue weighted by molar-refractivity contribution is 5.88. The number of nitrogens with one attached hydrogen (secondary N) is 1. The summed E-state index contributed by atoms with van der Waals surface area (Å²) in [4.78, 5) is 15.7. The van der Waals surface area contributed by atoms with Gasteiger partial charge in [0, 0.05) is 11.7 Å². The van der Waals surface area contributed by atoms with Gasteiger partial charge < -0.3 is 10.4 Å². The van der Waals surface area contributed by atoms with Gasteiger partial charge >= 0.3 is 5.97 Å². The van der Waals surface area contributed by atoms with Crippen molar-refractivity contribution >= 4 is 11.8 Å². The van der Waals surface area contributed by atoms with Gasteiger partial charge in [0.15, 0.2) is 0 Å². The first-order chi connectivity index (χ1) is 9.72. The zero-order chi connectivity index (χ0) is 15.4. The highest BCUT2D eigenvalue weighted by atomic mass is 16.4. The van der Waals surface area contributed by atoms with Crippen molar-refractivity contribution in [2.24, 2.45) is 16.7 Å². The van der Waals surface area contributed by atoms with Crippen molar-refractivity contribution in [2.45, 2.75) is 53.0 Å². The lowest BCUT2D eigenvalue weighted by molar-refractivity contribution is 0.0696. The van der Waals surface area contributed by atoms with E-state index >= 15 is 0 Å². The number of pyridine rings is 1. The van der Waals surface area contributed by atoms with E-state index < -0.39 is 5.97 Å². The minimum absolute atomic E-state index is 0.224. The molecule has 0 saturated heterocycles. The molecule has 3 unspecified atom stereocenters. The van der Waals surface area contributed by atoms with E-state index in [0.29, 0.717) is 22.8 Å². The van der Waals surface area contributed by atoms with Crippen molar-refractivity contribution in [1.82, 2.24) is 4.98 Å². The third kappa shape index (κ3) is 2.21. The molecule has 0 spiro atoms. The van der Waals surface area contributed by atoms with E-state index in [9.17, 15) is 9.90 Å². The SMILES string of the molecule is Cc1cc(C(=O)O)cc(NC2C3(C)CCC(C3)C2(C)C)n1. The van der Waals surface area contributed by atoms with Crippen LogP contribution < -0.4 is 5.32 Å². The second-order valence-corrected chi connectivity index (χ2v) is 7.68. The van der Waals surface area contributed by atoms with Gasteiger partial charge in [-0.25, -0.2) is 9.78 Å². The van der Waals surface area contributed by atoms with Crippen LogP contribution in [0.2, 0.25) is 0 Å². The number of aromatic nitrogens is 1. The van der Waals surface area contributed by atoms with Gasteiger partial charge in [-0.2, -0.15) is 0 Å². The van der Waals surface area contributed by atoms with Crippen LogP contribution in [-0.2, 0) is 0 Å². The molecule has 1 aromatic rings. The topological polar surface area (TPSA) is 62.2 Å². The highest BCUT2D eigenvalue weighted by Crippen LogP contribution is 2.63. The fraction of sp³-hybridized carbons (Fsp3) is 0.647. The summed E-state index contributed by atoms with van der Waals surface area (Å²) in [6, 6.07) is 3.61. The van der Waals surface area contributed by atoms with Gasteiger partial charge in [0.05, 0.1) is 5.56 Å². The number of anilines is 1. The van der Waals surface area contributed by atoms with Crippen LogP contribution in [0.25, 0.3) is 0 Å². The van der Waals surface area contributed by atoms with Gasteiger partial charge in [-0.3, -0.25) is 0 Å². The molecule has 0 radical (unpaired) electrons. The monoisotopic (exact) mass is 288 g/mol. The number of aryl methyl sites for hydroxylation is 1. The number of fused-ring (bicyclic) bond motifs is 2. The maximum atomic E-state index is 11.2. The van der Waals surface area contributed by atoms with Crippen molar-refractivity contribution in [1.29, 1.82) is 0 Å². The summed E-state index contributed by atoms with van der Waals surface area (Å²) in [6.07, 6.45) is 3.81. The first-order valence-electron chi connectivity index (χ1n) is 7.71. The van der Waals surface area contributed by atoms with E-state index in [0.717, 1.165) is 11.6 Å². The van der Waals surface area contributed by atoms with Gasteiger partial charge in [-0.15, -0.1) is 0 Å². The lowest BCUT2D eigenvalue weighted by Gasteiger charge is -2.43. The smallest absolute Gasteiger partial charge is 0.335 e. The summed E-state index contributed by atoms with van der Waals surface area (Å²) in [6.45, 7) is 8.85. The van der Waals surface area contributed by atoms with Gasteiger partial charge in [0.2, 0.25) is 0 Å². The summed E-state index contributed by atoms with van der Waals surface area (Å²) in [5.41, 5.74) is 1.56. The maximum absolute atomic E-state index is 11.2. The predicted octanol–water partition coefficient (Wildman–Crippen LogP) is 3.71. The normalized spacial score (nSPS) is 33.1. The summed E-state index contributed by atoms with van der Waals surface area (Å²) in [5, 5.41) is 12.8. The van der Waals surface area contributed by atoms with Crippen LogP contribution in [0.5, 0.6) is 0 Å². The molecule has 3 atom stereocenters. The molecule has 1 heterocycles. The van der Waals surface area contributed by atoms with Crippen molar-refractivity contribution in [3.63, 3.8) is 0 Å². The van der Waals surface area contributed by atoms with E-state index in [1.54, 1.807) is 12.1 Å². The zero-order valence-electron chi connectivity index (χ0n) is 13.2. The third-order valence-corrected chi connectivity index (χ3v) is 5.76. The maximum Gasteiger partial charge on any atom is 0.335 e. The molecule has 2 fully saturated rings. The van der Waals surface area contributed by atoms with E-state index in [1.165, 1.54) is 19.3 Å². The fourth-order valence-electron chi connectivity index (χ4n) is 4.68.